The van der Waals surface area contributed by atoms with Crippen molar-refractivity contribution in [2.24, 2.45) is 5.92 Å². The van der Waals surface area contributed by atoms with Gasteiger partial charge in [-0.05, 0) is 18.8 Å². The smallest absolute Gasteiger partial charge is 0.209 e. The number of ketones is 1. The lowest BCUT2D eigenvalue weighted by Crippen LogP contribution is -2.28. The van der Waals surface area contributed by atoms with Crippen LogP contribution < -0.4 is 0 Å². The number of hydrogen-bond donors (Lipinski definition) is 0. The van der Waals surface area contributed by atoms with Crippen molar-refractivity contribution in [1.82, 2.24) is 4.90 Å². The Morgan fingerprint density at radius 2 is 2.42 bits per heavy atom. The highest BCUT2D eigenvalue weighted by Crippen LogP contribution is 2.21. The Labute approximate surface area is 72.7 Å². The first kappa shape index (κ1) is 9.23. The molecule has 1 aliphatic carbocycles. The topological polar surface area (TPSA) is 37.4 Å². The van der Waals surface area contributed by atoms with Crippen molar-refractivity contribution in [2.75, 3.05) is 13.6 Å². The van der Waals surface area contributed by atoms with Crippen LogP contribution in [-0.4, -0.2) is 30.7 Å². The van der Waals surface area contributed by atoms with E-state index in [2.05, 4.69) is 0 Å². The summed E-state index contributed by atoms with van der Waals surface area (Å²) in [6, 6.07) is 0. The van der Waals surface area contributed by atoms with Crippen molar-refractivity contribution >= 4 is 12.2 Å². The quantitative estimate of drug-likeness (QED) is 0.587. The largest absolute Gasteiger partial charge is 0.348 e. The Bertz CT molecular complexity index is 179. The molecule has 0 saturated heterocycles. The molecule has 1 unspecified atom stereocenters. The van der Waals surface area contributed by atoms with Crippen molar-refractivity contribution in [1.29, 1.82) is 0 Å². The summed E-state index contributed by atoms with van der Waals surface area (Å²) in [6.07, 6.45) is 4.30. The zero-order valence-electron chi connectivity index (χ0n) is 7.45. The first-order valence-corrected chi connectivity index (χ1v) is 4.39. The third kappa shape index (κ3) is 2.64. The van der Waals surface area contributed by atoms with Gasteiger partial charge in [0.15, 0.2) is 0 Å². The van der Waals surface area contributed by atoms with E-state index >= 15 is 0 Å². The van der Waals surface area contributed by atoms with Crippen molar-refractivity contribution in [2.45, 2.75) is 25.7 Å². The van der Waals surface area contributed by atoms with Gasteiger partial charge >= 0.3 is 0 Å². The summed E-state index contributed by atoms with van der Waals surface area (Å²) in [5, 5.41) is 0. The zero-order valence-corrected chi connectivity index (χ0v) is 7.45. The number of Topliss-reactive ketones (excluding diaryl/α,β-unsaturated/α-hetero) is 1. The minimum Gasteiger partial charge on any atom is -0.348 e. The molecule has 68 valence electrons. The van der Waals surface area contributed by atoms with Crippen LogP contribution in [0, 0.1) is 5.92 Å². The predicted octanol–water partition coefficient (Wildman–Crippen LogP) is 0.834. The fraction of sp³-hybridized carbons (Fsp3) is 0.778. The van der Waals surface area contributed by atoms with Gasteiger partial charge in [0.2, 0.25) is 6.41 Å². The van der Waals surface area contributed by atoms with E-state index in [9.17, 15) is 9.59 Å². The highest BCUT2D eigenvalue weighted by molar-refractivity contribution is 5.79. The third-order valence-electron chi connectivity index (χ3n) is 2.31. The van der Waals surface area contributed by atoms with E-state index in [-0.39, 0.29) is 0 Å². The van der Waals surface area contributed by atoms with Crippen LogP contribution in [0.3, 0.4) is 0 Å². The van der Waals surface area contributed by atoms with E-state index in [1.807, 2.05) is 0 Å². The second-order valence-corrected chi connectivity index (χ2v) is 3.55. The van der Waals surface area contributed by atoms with Gasteiger partial charge in [-0.1, -0.05) is 0 Å². The monoisotopic (exact) mass is 169 g/mol. The predicted molar refractivity (Wildman–Crippen MR) is 45.7 cm³/mol. The number of carbonyl (C=O) groups is 2. The Balaban J connectivity index is 2.31. The second-order valence-electron chi connectivity index (χ2n) is 3.55. The standard InChI is InChI=1S/C9H15NO2/c1-10(7-11)6-8-3-2-4-9(12)5-8/h7-8H,2-6H2,1H3. The Kier molecular flexibility index (Phi) is 3.26. The first-order chi connectivity index (χ1) is 5.72. The molecule has 0 N–H and O–H groups in total. The van der Waals surface area contributed by atoms with Crippen molar-refractivity contribution < 1.29 is 9.59 Å². The molecule has 1 aliphatic rings. The van der Waals surface area contributed by atoms with Gasteiger partial charge in [0.1, 0.15) is 5.78 Å². The van der Waals surface area contributed by atoms with Gasteiger partial charge in [-0.25, -0.2) is 0 Å². The minimum atomic E-state index is 0.352. The van der Waals surface area contributed by atoms with Crippen LogP contribution in [0.2, 0.25) is 0 Å². The van der Waals surface area contributed by atoms with E-state index in [1.165, 1.54) is 0 Å². The number of amides is 1. The maximum absolute atomic E-state index is 11.0. The fourth-order valence-corrected chi connectivity index (χ4v) is 1.72. The fourth-order valence-electron chi connectivity index (χ4n) is 1.72. The Hall–Kier alpha value is -0.860. The molecular weight excluding hydrogens is 154 g/mol. The molecule has 0 radical (unpaired) electrons. The highest BCUT2D eigenvalue weighted by atomic mass is 16.1. The van der Waals surface area contributed by atoms with Crippen LogP contribution in [0.4, 0.5) is 0 Å². The van der Waals surface area contributed by atoms with Crippen LogP contribution in [0.1, 0.15) is 25.7 Å². The third-order valence-corrected chi connectivity index (χ3v) is 2.31. The summed E-state index contributed by atoms with van der Waals surface area (Å²) in [7, 11) is 1.76. The summed E-state index contributed by atoms with van der Waals surface area (Å²) in [5.41, 5.74) is 0. The molecule has 1 amide bonds. The normalized spacial score (nSPS) is 23.8. The van der Waals surface area contributed by atoms with Gasteiger partial charge in [-0.2, -0.15) is 0 Å². The summed E-state index contributed by atoms with van der Waals surface area (Å²) in [6.45, 7) is 0.731. The van der Waals surface area contributed by atoms with Gasteiger partial charge < -0.3 is 4.90 Å². The summed E-state index contributed by atoms with van der Waals surface area (Å²) in [4.78, 5) is 23.0. The molecule has 3 heteroatoms. The SMILES string of the molecule is CN(C=O)CC1CCCC(=O)C1. The molecule has 0 aromatic carbocycles. The van der Waals surface area contributed by atoms with Crippen LogP contribution in [0.25, 0.3) is 0 Å². The maximum atomic E-state index is 11.0. The lowest BCUT2D eigenvalue weighted by atomic mass is 9.88. The van der Waals surface area contributed by atoms with E-state index in [0.29, 0.717) is 18.1 Å². The summed E-state index contributed by atoms with van der Waals surface area (Å²) in [5.74, 6) is 0.756. The Morgan fingerprint density at radius 3 is 3.00 bits per heavy atom. The lowest BCUT2D eigenvalue weighted by molar-refractivity contribution is -0.123. The van der Waals surface area contributed by atoms with Crippen molar-refractivity contribution in [3.63, 3.8) is 0 Å². The number of carbonyl (C=O) groups excluding carboxylic acids is 2. The van der Waals surface area contributed by atoms with Crippen LogP contribution >= 0.6 is 0 Å². The van der Waals surface area contributed by atoms with Gasteiger partial charge in [-0.3, -0.25) is 9.59 Å². The molecule has 0 spiro atoms. The molecule has 1 saturated carbocycles. The van der Waals surface area contributed by atoms with Crippen molar-refractivity contribution in [3.8, 4) is 0 Å². The lowest BCUT2D eigenvalue weighted by Gasteiger charge is -2.23. The van der Waals surface area contributed by atoms with Crippen LogP contribution in [-0.2, 0) is 9.59 Å². The molecule has 0 heterocycles. The summed E-state index contributed by atoms with van der Waals surface area (Å²) >= 11 is 0. The number of hydrogen-bond acceptors (Lipinski definition) is 2. The minimum absolute atomic E-state index is 0.352. The first-order valence-electron chi connectivity index (χ1n) is 4.39. The maximum Gasteiger partial charge on any atom is 0.209 e. The molecule has 1 atom stereocenters. The van der Waals surface area contributed by atoms with E-state index in [1.54, 1.807) is 11.9 Å². The molecule has 1 fully saturated rings. The average Bonchev–Trinajstić information content (AvgIpc) is 2.04. The van der Waals surface area contributed by atoms with E-state index in [0.717, 1.165) is 32.2 Å². The van der Waals surface area contributed by atoms with Crippen LogP contribution in [0.5, 0.6) is 0 Å². The number of rotatable bonds is 3. The van der Waals surface area contributed by atoms with Crippen molar-refractivity contribution in [3.05, 3.63) is 0 Å². The number of nitrogens with zero attached hydrogens (tertiary/aromatic N) is 1. The summed E-state index contributed by atoms with van der Waals surface area (Å²) < 4.78 is 0. The highest BCUT2D eigenvalue weighted by Gasteiger charge is 2.19. The molecule has 0 aromatic rings. The molecule has 0 bridgehead atoms. The molecule has 0 aromatic heterocycles. The van der Waals surface area contributed by atoms with Gasteiger partial charge in [0.05, 0.1) is 0 Å². The molecule has 1 rings (SSSR count). The zero-order chi connectivity index (χ0) is 8.97. The van der Waals surface area contributed by atoms with E-state index < -0.39 is 0 Å². The van der Waals surface area contributed by atoms with Gasteiger partial charge in [-0.15, -0.1) is 0 Å². The molecule has 0 aliphatic heterocycles. The van der Waals surface area contributed by atoms with Crippen LogP contribution in [0.15, 0.2) is 0 Å². The molecule has 12 heavy (non-hydrogen) atoms. The Morgan fingerprint density at radius 1 is 1.67 bits per heavy atom. The van der Waals surface area contributed by atoms with E-state index in [4.69, 9.17) is 0 Å². The van der Waals surface area contributed by atoms with Gasteiger partial charge in [0.25, 0.3) is 0 Å². The molecule has 3 nitrogen and oxygen atoms in total. The average molecular weight is 169 g/mol. The van der Waals surface area contributed by atoms with Gasteiger partial charge in [0, 0.05) is 26.4 Å². The second kappa shape index (κ2) is 4.24. The molecular formula is C9H15NO2.